The maximum atomic E-state index is 14.3. The number of aliphatic hydroxyl groups excluding tert-OH is 2. The van der Waals surface area contributed by atoms with Crippen LogP contribution in [0.25, 0.3) is 5.76 Å². The fourth-order valence-corrected chi connectivity index (χ4v) is 16.0. The number of unbranched alkanes of at least 4 members (excludes halogenated alkanes) is 8. The second-order valence-corrected chi connectivity index (χ2v) is 23.6. The molecule has 0 bridgehead atoms. The van der Waals surface area contributed by atoms with Crippen LogP contribution in [-0.4, -0.2) is 94.7 Å². The van der Waals surface area contributed by atoms with Crippen LogP contribution in [0.4, 0.5) is 11.4 Å². The molecule has 1 fully saturated rings. The Bertz CT molecular complexity index is 2600. The number of rotatable bonds is 19. The fourth-order valence-electron chi connectivity index (χ4n) is 11.3. The number of phenolic OH excluding ortho intramolecular Hbond substituents is 1. The van der Waals surface area contributed by atoms with Crippen molar-refractivity contribution < 1.29 is 39.6 Å². The molecule has 7 rings (SSSR count). The van der Waals surface area contributed by atoms with Crippen molar-refractivity contribution in [2.75, 3.05) is 44.6 Å². The highest BCUT2D eigenvalue weighted by Crippen LogP contribution is 2.57. The maximum Gasteiger partial charge on any atom is 0.255 e. The van der Waals surface area contributed by atoms with Gasteiger partial charge in [-0.2, -0.15) is 0 Å². The van der Waals surface area contributed by atoms with Crippen molar-refractivity contribution in [1.82, 2.24) is 4.90 Å². The number of carbonyl (C=O) groups is 4. The van der Waals surface area contributed by atoms with E-state index in [9.17, 15) is 39.6 Å². The summed E-state index contributed by atoms with van der Waals surface area (Å²) >= 11 is 0. The second kappa shape index (κ2) is 21.0. The van der Waals surface area contributed by atoms with E-state index in [-0.39, 0.29) is 42.0 Å². The molecule has 4 aromatic rings. The molecule has 69 heavy (non-hydrogen) atoms. The first-order valence-corrected chi connectivity index (χ1v) is 26.4. The molecular formula is C56H70N4O8P+. The number of benzene rings is 4. The number of aromatic hydroxyl groups is 1. The van der Waals surface area contributed by atoms with Crippen LogP contribution in [0.3, 0.4) is 0 Å². The first-order valence-electron chi connectivity index (χ1n) is 24.4. The number of nitrogens with two attached hydrogens (primary N) is 1. The van der Waals surface area contributed by atoms with E-state index in [0.29, 0.717) is 17.7 Å². The van der Waals surface area contributed by atoms with Crippen LogP contribution >= 0.6 is 7.26 Å². The summed E-state index contributed by atoms with van der Waals surface area (Å²) in [6.45, 7) is 6.57. The first-order chi connectivity index (χ1) is 32.8. The number of fused-ring (bicyclic) bond motifs is 3. The molecule has 4 aromatic carbocycles. The molecule has 0 aliphatic heterocycles. The van der Waals surface area contributed by atoms with Gasteiger partial charge in [0.25, 0.3) is 5.91 Å². The van der Waals surface area contributed by atoms with Crippen molar-refractivity contribution in [1.29, 1.82) is 0 Å². The molecule has 4 atom stereocenters. The van der Waals surface area contributed by atoms with Gasteiger partial charge in [0.2, 0.25) is 11.7 Å². The number of likely N-dealkylation sites (N-methyl/N-ethyl adjacent to an activating group) is 1. The number of ketones is 2. The summed E-state index contributed by atoms with van der Waals surface area (Å²) in [6, 6.07) is 27.9. The van der Waals surface area contributed by atoms with E-state index in [1.54, 1.807) is 39.2 Å². The predicted octanol–water partition coefficient (Wildman–Crippen LogP) is 7.79. The highest BCUT2D eigenvalue weighted by Gasteiger charge is 2.64. The number of hydrogen-bond acceptors (Lipinski definition) is 10. The summed E-state index contributed by atoms with van der Waals surface area (Å²) in [5.41, 5.74) is 6.56. The Balaban J connectivity index is 0.943. The van der Waals surface area contributed by atoms with E-state index in [4.69, 9.17) is 5.73 Å². The van der Waals surface area contributed by atoms with Gasteiger partial charge in [-0.05, 0) is 138 Å². The number of Topliss-reactive ketones (excluding diaryl/α,β-unsaturated/α-hetero) is 2. The average molecular weight is 958 g/mol. The summed E-state index contributed by atoms with van der Waals surface area (Å²) in [6.07, 6.45) is 10.9. The van der Waals surface area contributed by atoms with Crippen LogP contribution in [0, 0.1) is 32.6 Å². The van der Waals surface area contributed by atoms with Crippen LogP contribution in [0.1, 0.15) is 98.4 Å². The third-order valence-corrected chi connectivity index (χ3v) is 19.1. The zero-order chi connectivity index (χ0) is 49.9. The molecule has 3 aliphatic carbocycles. The molecule has 0 spiro atoms. The molecule has 0 aromatic heterocycles. The highest BCUT2D eigenvalue weighted by molar-refractivity contribution is 7.95. The Morgan fingerprint density at radius 2 is 1.26 bits per heavy atom. The lowest BCUT2D eigenvalue weighted by molar-refractivity contribution is -0.153. The number of aliphatic hydroxyl groups is 3. The smallest absolute Gasteiger partial charge is 0.255 e. The number of nitrogens with zero attached hydrogens (tertiary/aromatic N) is 2. The second-order valence-electron chi connectivity index (χ2n) is 20.0. The molecule has 7 N–H and O–H groups in total. The molecule has 3 aliphatic rings. The van der Waals surface area contributed by atoms with E-state index in [1.165, 1.54) is 50.3 Å². The van der Waals surface area contributed by atoms with Crippen molar-refractivity contribution in [2.45, 2.75) is 109 Å². The Hall–Kier alpha value is -5.81. The molecule has 0 heterocycles. The minimum Gasteiger partial charge on any atom is -0.508 e. The summed E-state index contributed by atoms with van der Waals surface area (Å²) in [5, 5.41) is 53.8. The number of amides is 2. The van der Waals surface area contributed by atoms with Crippen molar-refractivity contribution in [2.24, 2.45) is 17.6 Å². The van der Waals surface area contributed by atoms with Crippen LogP contribution in [-0.2, 0) is 25.6 Å². The summed E-state index contributed by atoms with van der Waals surface area (Å²) < 4.78 is 0. The molecule has 0 saturated heterocycles. The van der Waals surface area contributed by atoms with Gasteiger partial charge >= 0.3 is 0 Å². The molecule has 12 nitrogen and oxygen atoms in total. The average Bonchev–Trinajstić information content (AvgIpc) is 3.28. The number of carbonyl (C=O) groups excluding carboxylic acids is 4. The van der Waals surface area contributed by atoms with Crippen molar-refractivity contribution in [3.63, 3.8) is 0 Å². The van der Waals surface area contributed by atoms with Gasteiger partial charge in [0, 0.05) is 37.7 Å². The number of hydrogen-bond donors (Lipinski definition) is 6. The Morgan fingerprint density at radius 1 is 0.754 bits per heavy atom. The molecule has 366 valence electrons. The summed E-state index contributed by atoms with van der Waals surface area (Å²) in [7, 11) is 4.80. The normalized spacial score (nSPS) is 20.2. The van der Waals surface area contributed by atoms with Gasteiger partial charge in [-0.3, -0.25) is 24.1 Å². The quantitative estimate of drug-likeness (QED) is 0.0234. The lowest BCUT2D eigenvalue weighted by atomic mass is 9.57. The topological polar surface area (TPSA) is 194 Å². The van der Waals surface area contributed by atoms with Gasteiger partial charge in [-0.1, -0.05) is 74.9 Å². The molecule has 1 saturated carbocycles. The van der Waals surface area contributed by atoms with E-state index < -0.39 is 71.1 Å². The van der Waals surface area contributed by atoms with Crippen LogP contribution in [0.2, 0.25) is 0 Å². The zero-order valence-corrected chi connectivity index (χ0v) is 42.2. The molecule has 0 unspecified atom stereocenters. The van der Waals surface area contributed by atoms with Gasteiger partial charge in [0.15, 0.2) is 11.4 Å². The monoisotopic (exact) mass is 957 g/mol. The van der Waals surface area contributed by atoms with Gasteiger partial charge in [0.1, 0.15) is 46.0 Å². The lowest BCUT2D eigenvalue weighted by Gasteiger charge is -2.50. The van der Waals surface area contributed by atoms with Crippen molar-refractivity contribution in [3.05, 3.63) is 124 Å². The van der Waals surface area contributed by atoms with E-state index in [1.807, 2.05) is 0 Å². The number of phenols is 1. The zero-order valence-electron chi connectivity index (χ0n) is 41.3. The molecular weight excluding hydrogens is 888 g/mol. The minimum atomic E-state index is -2.74. The third kappa shape index (κ3) is 9.86. The lowest BCUT2D eigenvalue weighted by Crippen LogP contribution is -2.65. The third-order valence-electron chi connectivity index (χ3n) is 14.7. The molecule has 13 heteroatoms. The molecule has 2 amide bonds. The predicted molar refractivity (Wildman–Crippen MR) is 278 cm³/mol. The van der Waals surface area contributed by atoms with E-state index in [2.05, 4.69) is 98.9 Å². The Labute approximate surface area is 407 Å². The number of aryl methyl sites for hydroxylation is 3. The Kier molecular flexibility index (Phi) is 15.6. The first kappa shape index (κ1) is 51.1. The van der Waals surface area contributed by atoms with Crippen molar-refractivity contribution >= 4 is 63.7 Å². The highest BCUT2D eigenvalue weighted by atomic mass is 31.2. The van der Waals surface area contributed by atoms with Crippen LogP contribution in [0.5, 0.6) is 5.75 Å². The van der Waals surface area contributed by atoms with Gasteiger partial charge in [0.05, 0.1) is 23.5 Å². The fraction of sp³-hybridized carbons (Fsp3) is 0.429. The largest absolute Gasteiger partial charge is 0.508 e. The standard InChI is InChI=1S/C56H69N4O8P/c1-34-20-17-23-38(28-34)69(39-24-18-21-35(2)29-39,40-25-19-22-36(3)30-40)27-16-14-12-10-8-9-11-13-15-26-45(61)58-43-33-44(59(4)5)41-31-37-32-42-49(60(6)7)52(64)48(55(57)67)54(66)56(42,68)53(65)46(37)51(63)47(41)50(43)62/h17-25,28-30,33,37,42,49,68H,8-16,26-27,31-32H2,1-7H3,(H5-,57,58,61,62,63,64,65,66,67)/p+1/t37-,42-,49-,56-/m0/s1. The van der Waals surface area contributed by atoms with E-state index in [0.717, 1.165) is 44.7 Å². The van der Waals surface area contributed by atoms with Crippen molar-refractivity contribution in [3.8, 4) is 5.75 Å². The maximum absolute atomic E-state index is 14.3. The summed E-state index contributed by atoms with van der Waals surface area (Å²) in [4.78, 5) is 56.7. The number of anilines is 2. The molecule has 0 radical (unpaired) electrons. The van der Waals surface area contributed by atoms with Gasteiger partial charge < -0.3 is 36.4 Å². The minimum absolute atomic E-state index is 0.0155. The summed E-state index contributed by atoms with van der Waals surface area (Å²) in [5.74, 6) is -7.56. The van der Waals surface area contributed by atoms with Crippen LogP contribution < -0.4 is 31.9 Å². The number of nitrogens with one attached hydrogen (secondary N) is 1. The van der Waals surface area contributed by atoms with Gasteiger partial charge in [-0.25, -0.2) is 0 Å². The van der Waals surface area contributed by atoms with Gasteiger partial charge in [-0.15, -0.1) is 0 Å². The van der Waals surface area contributed by atoms with Crippen LogP contribution in [0.15, 0.2) is 95.8 Å². The Morgan fingerprint density at radius 3 is 1.74 bits per heavy atom. The number of primary amides is 1. The SMILES string of the molecule is Cc1cccc([P+](CCCCCCCCCCCC(=O)Nc2cc(N(C)C)c3c(c2O)C(O)=C2C(=O)[C@]4(O)C(O)=C(C(N)=O)C(=O)[C@@H](N(C)C)[C@@H]4C[C@@H]2C3)(c2cccc(C)c2)c2cccc(C)c2)c1. The van der Waals surface area contributed by atoms with E-state index >= 15 is 0 Å².